The van der Waals surface area contributed by atoms with Crippen LogP contribution < -0.4 is 5.73 Å². The highest BCUT2D eigenvalue weighted by Gasteiger charge is 2.28. The Labute approximate surface area is 77.1 Å². The van der Waals surface area contributed by atoms with Crippen molar-refractivity contribution in [2.45, 2.75) is 44.3 Å². The Hall–Kier alpha value is -0.640. The van der Waals surface area contributed by atoms with E-state index in [9.17, 15) is 9.18 Å². The average Bonchev–Trinajstić information content (AvgIpc) is 2.55. The predicted molar refractivity (Wildman–Crippen MR) is 47.1 cm³/mol. The van der Waals surface area contributed by atoms with Crippen LogP contribution in [0.3, 0.4) is 0 Å². The van der Waals surface area contributed by atoms with E-state index in [2.05, 4.69) is 0 Å². The molecule has 0 amide bonds. The summed E-state index contributed by atoms with van der Waals surface area (Å²) in [5.74, 6) is -1.06. The second-order valence-corrected chi connectivity index (χ2v) is 3.74. The van der Waals surface area contributed by atoms with Crippen LogP contribution in [0.2, 0.25) is 0 Å². The molecule has 76 valence electrons. The minimum atomic E-state index is -1.11. The summed E-state index contributed by atoms with van der Waals surface area (Å²) in [6.07, 6.45) is 2.82. The number of rotatable bonds is 4. The summed E-state index contributed by atoms with van der Waals surface area (Å²) in [5.41, 5.74) is 5.25. The molecule has 3 nitrogen and oxygen atoms in total. The molecule has 0 heterocycles. The van der Waals surface area contributed by atoms with Crippen molar-refractivity contribution in [3.8, 4) is 0 Å². The number of carboxylic acid groups (broad SMARTS) is 1. The van der Waals surface area contributed by atoms with Crippen LogP contribution in [-0.2, 0) is 4.79 Å². The van der Waals surface area contributed by atoms with Crippen molar-refractivity contribution < 1.29 is 14.3 Å². The van der Waals surface area contributed by atoms with Crippen LogP contribution in [0.5, 0.6) is 0 Å². The highest BCUT2D eigenvalue weighted by Crippen LogP contribution is 2.31. The first kappa shape index (κ1) is 10.4. The fourth-order valence-electron chi connectivity index (χ4n) is 1.85. The molecule has 0 aromatic carbocycles. The fraction of sp³-hybridized carbons (Fsp3) is 0.889. The van der Waals surface area contributed by atoms with E-state index in [1.807, 2.05) is 0 Å². The molecule has 4 heteroatoms. The summed E-state index contributed by atoms with van der Waals surface area (Å²) in [6, 6.07) is -1.05. The number of nitrogens with two attached hydrogens (primary N) is 1. The fourth-order valence-corrected chi connectivity index (χ4v) is 1.85. The van der Waals surface area contributed by atoms with Gasteiger partial charge in [-0.1, -0.05) is 12.8 Å². The van der Waals surface area contributed by atoms with Gasteiger partial charge in [0.25, 0.3) is 0 Å². The molecule has 1 saturated carbocycles. The standard InChI is InChI=1S/C9H16FNO2/c10-7(5-8(11)9(12)13)6-3-1-2-4-6/h6-8H,1-5,11H2,(H,12,13). The molecule has 0 aliphatic heterocycles. The SMILES string of the molecule is NC(CC(F)C1CCCC1)C(=O)O. The third-order valence-corrected chi connectivity index (χ3v) is 2.71. The van der Waals surface area contributed by atoms with Gasteiger partial charge in [0, 0.05) is 6.42 Å². The summed E-state index contributed by atoms with van der Waals surface area (Å²) in [4.78, 5) is 10.4. The van der Waals surface area contributed by atoms with Gasteiger partial charge in [0.2, 0.25) is 0 Å². The van der Waals surface area contributed by atoms with Gasteiger partial charge in [0.15, 0.2) is 0 Å². The van der Waals surface area contributed by atoms with Gasteiger partial charge in [-0.05, 0) is 18.8 Å². The largest absolute Gasteiger partial charge is 0.480 e. The molecule has 13 heavy (non-hydrogen) atoms. The Kier molecular flexibility index (Phi) is 3.66. The van der Waals surface area contributed by atoms with E-state index in [1.54, 1.807) is 0 Å². The third kappa shape index (κ3) is 2.95. The van der Waals surface area contributed by atoms with Crippen LogP contribution in [-0.4, -0.2) is 23.3 Å². The Morgan fingerprint density at radius 3 is 2.54 bits per heavy atom. The van der Waals surface area contributed by atoms with Crippen molar-refractivity contribution in [3.63, 3.8) is 0 Å². The molecular weight excluding hydrogens is 173 g/mol. The molecule has 0 aromatic heterocycles. The molecule has 3 N–H and O–H groups in total. The average molecular weight is 189 g/mol. The zero-order chi connectivity index (χ0) is 9.84. The van der Waals surface area contributed by atoms with Crippen molar-refractivity contribution in [2.24, 2.45) is 11.7 Å². The number of aliphatic carboxylic acids is 1. The monoisotopic (exact) mass is 189 g/mol. The van der Waals surface area contributed by atoms with Crippen molar-refractivity contribution in [1.82, 2.24) is 0 Å². The molecule has 2 unspecified atom stereocenters. The Morgan fingerprint density at radius 2 is 2.08 bits per heavy atom. The van der Waals surface area contributed by atoms with Gasteiger partial charge < -0.3 is 10.8 Å². The molecule has 1 aliphatic carbocycles. The maximum atomic E-state index is 13.4. The number of hydrogen-bond acceptors (Lipinski definition) is 2. The summed E-state index contributed by atoms with van der Waals surface area (Å²) >= 11 is 0. The van der Waals surface area contributed by atoms with Gasteiger partial charge in [-0.3, -0.25) is 4.79 Å². The topological polar surface area (TPSA) is 63.3 Å². The van der Waals surface area contributed by atoms with E-state index in [4.69, 9.17) is 10.8 Å². The lowest BCUT2D eigenvalue weighted by atomic mass is 9.97. The number of carbonyl (C=O) groups is 1. The highest BCUT2D eigenvalue weighted by atomic mass is 19.1. The van der Waals surface area contributed by atoms with Crippen LogP contribution in [0.15, 0.2) is 0 Å². The van der Waals surface area contributed by atoms with E-state index in [0.29, 0.717) is 0 Å². The maximum absolute atomic E-state index is 13.4. The van der Waals surface area contributed by atoms with E-state index in [1.165, 1.54) is 0 Å². The van der Waals surface area contributed by atoms with Gasteiger partial charge in [0.05, 0.1) is 0 Å². The van der Waals surface area contributed by atoms with Gasteiger partial charge in [-0.15, -0.1) is 0 Å². The minimum Gasteiger partial charge on any atom is -0.480 e. The lowest BCUT2D eigenvalue weighted by Crippen LogP contribution is -2.34. The van der Waals surface area contributed by atoms with Crippen molar-refractivity contribution >= 4 is 5.97 Å². The van der Waals surface area contributed by atoms with Crippen LogP contribution in [0.25, 0.3) is 0 Å². The summed E-state index contributed by atoms with van der Waals surface area (Å²) in [5, 5.41) is 8.48. The van der Waals surface area contributed by atoms with Crippen molar-refractivity contribution in [1.29, 1.82) is 0 Å². The lowest BCUT2D eigenvalue weighted by Gasteiger charge is -2.16. The molecule has 0 aromatic rings. The molecule has 1 fully saturated rings. The van der Waals surface area contributed by atoms with Gasteiger partial charge in [-0.2, -0.15) is 0 Å². The van der Waals surface area contributed by atoms with E-state index in [0.717, 1.165) is 25.7 Å². The number of alkyl halides is 1. The molecule has 1 rings (SSSR count). The van der Waals surface area contributed by atoms with Crippen molar-refractivity contribution in [3.05, 3.63) is 0 Å². The smallest absolute Gasteiger partial charge is 0.320 e. The minimum absolute atomic E-state index is 0.0417. The van der Waals surface area contributed by atoms with Gasteiger partial charge in [-0.25, -0.2) is 4.39 Å². The lowest BCUT2D eigenvalue weighted by molar-refractivity contribution is -0.139. The maximum Gasteiger partial charge on any atom is 0.320 e. The number of hydrogen-bond donors (Lipinski definition) is 2. The molecular formula is C9H16FNO2. The van der Waals surface area contributed by atoms with Gasteiger partial charge in [0.1, 0.15) is 12.2 Å². The quantitative estimate of drug-likeness (QED) is 0.701. The summed E-state index contributed by atoms with van der Waals surface area (Å²) in [6.45, 7) is 0. The van der Waals surface area contributed by atoms with E-state index < -0.39 is 18.2 Å². The number of carboxylic acids is 1. The summed E-state index contributed by atoms with van der Waals surface area (Å²) in [7, 11) is 0. The first-order valence-corrected chi connectivity index (χ1v) is 4.73. The Bertz CT molecular complexity index is 180. The molecule has 2 atom stereocenters. The molecule has 0 bridgehead atoms. The van der Waals surface area contributed by atoms with Gasteiger partial charge >= 0.3 is 5.97 Å². The van der Waals surface area contributed by atoms with Crippen LogP contribution in [0, 0.1) is 5.92 Å². The zero-order valence-corrected chi connectivity index (χ0v) is 7.58. The molecule has 0 radical (unpaired) electrons. The van der Waals surface area contributed by atoms with Crippen LogP contribution in [0.1, 0.15) is 32.1 Å². The normalized spacial score (nSPS) is 22.9. The second-order valence-electron chi connectivity index (χ2n) is 3.74. The molecule has 0 spiro atoms. The van der Waals surface area contributed by atoms with Crippen molar-refractivity contribution in [2.75, 3.05) is 0 Å². The van der Waals surface area contributed by atoms with Crippen LogP contribution in [0.4, 0.5) is 4.39 Å². The highest BCUT2D eigenvalue weighted by molar-refractivity contribution is 5.73. The molecule has 1 aliphatic rings. The Morgan fingerprint density at radius 1 is 1.54 bits per heavy atom. The predicted octanol–water partition coefficient (Wildman–Crippen LogP) is 1.32. The first-order valence-electron chi connectivity index (χ1n) is 4.73. The second kappa shape index (κ2) is 4.56. The zero-order valence-electron chi connectivity index (χ0n) is 7.58. The number of halogens is 1. The van der Waals surface area contributed by atoms with E-state index in [-0.39, 0.29) is 12.3 Å². The van der Waals surface area contributed by atoms with Crippen LogP contribution >= 0.6 is 0 Å². The van der Waals surface area contributed by atoms with E-state index >= 15 is 0 Å². The summed E-state index contributed by atoms with van der Waals surface area (Å²) < 4.78 is 13.4. The Balaban J connectivity index is 2.30. The first-order chi connectivity index (χ1) is 6.11. The molecule has 0 saturated heterocycles. The third-order valence-electron chi connectivity index (χ3n) is 2.71.